The molecule has 5 heteroatoms. The highest BCUT2D eigenvalue weighted by molar-refractivity contribution is 5.74. The standard InChI is InChI=1S/C18H26N2O3/c1-11(10-21)20(9-12(2)22)18(23)19-8-16-15-7-13-5-3-4-6-14(13)17(15)16/h3-6,11-12,15-17,21-22H,7-10H2,1-2H3,(H,19,23). The van der Waals surface area contributed by atoms with Gasteiger partial charge in [-0.1, -0.05) is 24.3 Å². The first-order chi connectivity index (χ1) is 11.0. The molecule has 1 aromatic rings. The Hall–Kier alpha value is -1.59. The number of amides is 2. The molecule has 3 N–H and O–H groups in total. The van der Waals surface area contributed by atoms with E-state index in [0.717, 1.165) is 6.42 Å². The Labute approximate surface area is 137 Å². The molecule has 3 rings (SSSR count). The van der Waals surface area contributed by atoms with E-state index in [2.05, 4.69) is 29.6 Å². The maximum atomic E-state index is 12.4. The van der Waals surface area contributed by atoms with E-state index in [4.69, 9.17) is 0 Å². The first kappa shape index (κ1) is 16.3. The summed E-state index contributed by atoms with van der Waals surface area (Å²) in [5.74, 6) is 1.77. The number of aliphatic hydroxyl groups is 2. The van der Waals surface area contributed by atoms with Gasteiger partial charge in [0, 0.05) is 13.1 Å². The third-order valence-electron chi connectivity index (χ3n) is 5.21. The van der Waals surface area contributed by atoms with Crippen molar-refractivity contribution in [3.8, 4) is 0 Å². The third-order valence-corrected chi connectivity index (χ3v) is 5.21. The van der Waals surface area contributed by atoms with Crippen LogP contribution in [0.3, 0.4) is 0 Å². The van der Waals surface area contributed by atoms with Crippen LogP contribution >= 0.6 is 0 Å². The van der Waals surface area contributed by atoms with Gasteiger partial charge in [-0.25, -0.2) is 4.79 Å². The number of benzene rings is 1. The fourth-order valence-electron chi connectivity index (χ4n) is 3.92. The summed E-state index contributed by atoms with van der Waals surface area (Å²) in [7, 11) is 0. The number of carbonyl (C=O) groups excluding carboxylic acids is 1. The molecule has 2 amide bonds. The van der Waals surface area contributed by atoms with Crippen LogP contribution in [0.25, 0.3) is 0 Å². The second kappa shape index (κ2) is 6.49. The van der Waals surface area contributed by atoms with E-state index in [0.29, 0.717) is 24.3 Å². The van der Waals surface area contributed by atoms with Crippen molar-refractivity contribution < 1.29 is 15.0 Å². The van der Waals surface area contributed by atoms with Gasteiger partial charge in [0.2, 0.25) is 0 Å². The van der Waals surface area contributed by atoms with Crippen LogP contribution in [0.4, 0.5) is 4.79 Å². The molecule has 0 heterocycles. The summed E-state index contributed by atoms with van der Waals surface area (Å²) in [5.41, 5.74) is 2.90. The lowest BCUT2D eigenvalue weighted by atomic mass is 10.0. The molecule has 1 fully saturated rings. The van der Waals surface area contributed by atoms with Gasteiger partial charge in [0.25, 0.3) is 0 Å². The number of fused-ring (bicyclic) bond motifs is 3. The zero-order chi connectivity index (χ0) is 16.6. The molecule has 0 radical (unpaired) electrons. The highest BCUT2D eigenvalue weighted by Gasteiger charge is 2.55. The topological polar surface area (TPSA) is 72.8 Å². The molecule has 0 aliphatic heterocycles. The normalized spacial score (nSPS) is 26.9. The fraction of sp³-hybridized carbons (Fsp3) is 0.611. The zero-order valence-corrected chi connectivity index (χ0v) is 13.8. The Morgan fingerprint density at radius 3 is 2.83 bits per heavy atom. The maximum Gasteiger partial charge on any atom is 0.317 e. The summed E-state index contributed by atoms with van der Waals surface area (Å²) in [5, 5.41) is 21.8. The molecule has 0 spiro atoms. The van der Waals surface area contributed by atoms with Crippen molar-refractivity contribution in [3.05, 3.63) is 35.4 Å². The van der Waals surface area contributed by atoms with Crippen LogP contribution in [0.15, 0.2) is 24.3 Å². The summed E-state index contributed by atoms with van der Waals surface area (Å²) >= 11 is 0. The Bertz CT molecular complexity index is 575. The highest BCUT2D eigenvalue weighted by Crippen LogP contribution is 2.60. The van der Waals surface area contributed by atoms with Crippen LogP contribution < -0.4 is 5.32 Å². The average molecular weight is 318 g/mol. The predicted octanol–water partition coefficient (Wildman–Crippen LogP) is 1.35. The minimum atomic E-state index is -0.609. The SMILES string of the molecule is CC(O)CN(C(=O)NCC1C2Cc3ccccc3C12)C(C)CO. The van der Waals surface area contributed by atoms with Crippen molar-refractivity contribution in [2.45, 2.75) is 38.3 Å². The quantitative estimate of drug-likeness (QED) is 0.741. The Morgan fingerprint density at radius 1 is 1.39 bits per heavy atom. The number of urea groups is 1. The van der Waals surface area contributed by atoms with Crippen LogP contribution in [0.5, 0.6) is 0 Å². The van der Waals surface area contributed by atoms with Crippen molar-refractivity contribution in [1.82, 2.24) is 10.2 Å². The minimum absolute atomic E-state index is 0.109. The molecule has 5 unspecified atom stereocenters. The Morgan fingerprint density at radius 2 is 2.13 bits per heavy atom. The van der Waals surface area contributed by atoms with Gasteiger partial charge < -0.3 is 20.4 Å². The Kier molecular flexibility index (Phi) is 4.60. The van der Waals surface area contributed by atoms with Crippen molar-refractivity contribution in [2.75, 3.05) is 19.7 Å². The number of nitrogens with zero attached hydrogens (tertiary/aromatic N) is 1. The highest BCUT2D eigenvalue weighted by atomic mass is 16.3. The van der Waals surface area contributed by atoms with Gasteiger partial charge in [-0.3, -0.25) is 0 Å². The monoisotopic (exact) mass is 318 g/mol. The first-order valence-electron chi connectivity index (χ1n) is 8.44. The Balaban J connectivity index is 1.54. The van der Waals surface area contributed by atoms with E-state index >= 15 is 0 Å². The van der Waals surface area contributed by atoms with E-state index in [-0.39, 0.29) is 25.2 Å². The number of rotatable bonds is 6. The van der Waals surface area contributed by atoms with E-state index < -0.39 is 6.10 Å². The molecule has 5 nitrogen and oxygen atoms in total. The zero-order valence-electron chi connectivity index (χ0n) is 13.8. The molecule has 0 bridgehead atoms. The van der Waals surface area contributed by atoms with E-state index in [1.54, 1.807) is 13.8 Å². The summed E-state index contributed by atoms with van der Waals surface area (Å²) in [6, 6.07) is 8.07. The lowest BCUT2D eigenvalue weighted by Crippen LogP contribution is -2.49. The molecule has 1 saturated carbocycles. The number of aliphatic hydroxyl groups excluding tert-OH is 2. The van der Waals surface area contributed by atoms with Crippen molar-refractivity contribution in [3.63, 3.8) is 0 Å². The van der Waals surface area contributed by atoms with Crippen LogP contribution in [0.2, 0.25) is 0 Å². The molecular weight excluding hydrogens is 292 g/mol. The maximum absolute atomic E-state index is 12.4. The summed E-state index contributed by atoms with van der Waals surface area (Å²) < 4.78 is 0. The second-order valence-electron chi connectivity index (χ2n) is 6.98. The van der Waals surface area contributed by atoms with Gasteiger partial charge in [-0.15, -0.1) is 0 Å². The van der Waals surface area contributed by atoms with Crippen molar-refractivity contribution in [2.24, 2.45) is 11.8 Å². The minimum Gasteiger partial charge on any atom is -0.394 e. The summed E-state index contributed by atoms with van der Waals surface area (Å²) in [4.78, 5) is 13.9. The largest absolute Gasteiger partial charge is 0.394 e. The first-order valence-corrected chi connectivity index (χ1v) is 8.44. The van der Waals surface area contributed by atoms with E-state index in [9.17, 15) is 15.0 Å². The summed E-state index contributed by atoms with van der Waals surface area (Å²) in [6.07, 6.45) is 0.508. The van der Waals surface area contributed by atoms with E-state index in [1.807, 2.05) is 0 Å². The lowest BCUT2D eigenvalue weighted by molar-refractivity contribution is 0.0936. The molecule has 2 aliphatic carbocycles. The second-order valence-corrected chi connectivity index (χ2v) is 6.98. The number of carbonyl (C=O) groups is 1. The molecule has 126 valence electrons. The van der Waals surface area contributed by atoms with Crippen LogP contribution in [-0.2, 0) is 6.42 Å². The van der Waals surface area contributed by atoms with Gasteiger partial charge in [-0.2, -0.15) is 0 Å². The van der Waals surface area contributed by atoms with Gasteiger partial charge in [-0.05, 0) is 49.1 Å². The molecule has 0 aromatic heterocycles. The molecule has 23 heavy (non-hydrogen) atoms. The van der Waals surface area contributed by atoms with E-state index in [1.165, 1.54) is 16.0 Å². The third kappa shape index (κ3) is 3.21. The number of hydrogen-bond donors (Lipinski definition) is 3. The molecule has 1 aromatic carbocycles. The van der Waals surface area contributed by atoms with Crippen molar-refractivity contribution in [1.29, 1.82) is 0 Å². The number of nitrogens with one attached hydrogen (secondary N) is 1. The lowest BCUT2D eigenvalue weighted by Gasteiger charge is -2.29. The van der Waals surface area contributed by atoms with Gasteiger partial charge in [0.05, 0.1) is 18.8 Å². The van der Waals surface area contributed by atoms with Crippen LogP contribution in [0.1, 0.15) is 30.9 Å². The van der Waals surface area contributed by atoms with Gasteiger partial charge in [0.1, 0.15) is 0 Å². The predicted molar refractivity (Wildman–Crippen MR) is 88.2 cm³/mol. The molecule has 5 atom stereocenters. The van der Waals surface area contributed by atoms with Gasteiger partial charge >= 0.3 is 6.03 Å². The molecular formula is C18H26N2O3. The number of hydrogen-bond acceptors (Lipinski definition) is 3. The van der Waals surface area contributed by atoms with Crippen LogP contribution in [0, 0.1) is 11.8 Å². The molecule has 0 saturated heterocycles. The van der Waals surface area contributed by atoms with Crippen LogP contribution in [-0.4, -0.2) is 53.0 Å². The average Bonchev–Trinajstić information content (AvgIpc) is 3.07. The van der Waals surface area contributed by atoms with Crippen molar-refractivity contribution >= 4 is 6.03 Å². The summed E-state index contributed by atoms with van der Waals surface area (Å²) in [6.45, 7) is 4.21. The smallest absolute Gasteiger partial charge is 0.317 e. The molecule has 2 aliphatic rings. The fourth-order valence-corrected chi connectivity index (χ4v) is 3.92. The van der Waals surface area contributed by atoms with Gasteiger partial charge in [0.15, 0.2) is 0 Å².